The second kappa shape index (κ2) is 11.4. The monoisotopic (exact) mass is 464 g/mol. The van der Waals surface area contributed by atoms with E-state index in [9.17, 15) is 9.59 Å². The summed E-state index contributed by atoms with van der Waals surface area (Å²) in [5, 5.41) is 0. The minimum atomic E-state index is -0.545. The lowest BCUT2D eigenvalue weighted by atomic mass is 10.1. The molecule has 0 heterocycles. The summed E-state index contributed by atoms with van der Waals surface area (Å²) in [4.78, 5) is 24.6. The number of halogens is 1. The van der Waals surface area contributed by atoms with Gasteiger partial charge in [-0.1, -0.05) is 0 Å². The molecule has 0 fully saturated rings. The minimum absolute atomic E-state index is 0.00303. The zero-order valence-corrected chi connectivity index (χ0v) is 17.2. The maximum Gasteiger partial charge on any atom is 0.339 e. The van der Waals surface area contributed by atoms with Crippen molar-refractivity contribution in [2.24, 2.45) is 0 Å². The highest BCUT2D eigenvalue weighted by Gasteiger charge is 2.20. The van der Waals surface area contributed by atoms with Crippen molar-refractivity contribution in [1.82, 2.24) is 0 Å². The van der Waals surface area contributed by atoms with Crippen molar-refractivity contribution in [1.29, 1.82) is 0 Å². The summed E-state index contributed by atoms with van der Waals surface area (Å²) in [5.74, 6) is -1.09. The molecule has 0 aliphatic carbocycles. The Balaban J connectivity index is 2.73. The van der Waals surface area contributed by atoms with Gasteiger partial charge in [-0.05, 0) is 54.6 Å². The molecule has 0 radical (unpaired) electrons. The van der Waals surface area contributed by atoms with Crippen LogP contribution in [0, 0.1) is 3.57 Å². The van der Waals surface area contributed by atoms with E-state index in [0.29, 0.717) is 12.8 Å². The second-order valence-corrected chi connectivity index (χ2v) is 6.88. The number of benzene rings is 1. The Morgan fingerprint density at radius 3 is 1.88 bits per heavy atom. The summed E-state index contributed by atoms with van der Waals surface area (Å²) in [6.45, 7) is 4.23. The van der Waals surface area contributed by atoms with Crippen LogP contribution in [0.5, 0.6) is 0 Å². The number of carbonyl (C=O) groups excluding carboxylic acids is 2. The van der Waals surface area contributed by atoms with Crippen LogP contribution >= 0.6 is 22.6 Å². The Morgan fingerprint density at radius 2 is 1.40 bits per heavy atom. The lowest BCUT2D eigenvalue weighted by Gasteiger charge is -2.13. The summed E-state index contributed by atoms with van der Waals surface area (Å²) in [6.07, 6.45) is 1.16. The fourth-order valence-electron chi connectivity index (χ4n) is 1.89. The Bertz CT molecular complexity index is 575. The molecule has 0 bridgehead atoms. The minimum Gasteiger partial charge on any atom is -0.462 e. The Hall–Kier alpha value is -1.19. The second-order valence-electron chi connectivity index (χ2n) is 5.63. The summed E-state index contributed by atoms with van der Waals surface area (Å²) in [7, 11) is 3.20. The van der Waals surface area contributed by atoms with Gasteiger partial charge in [0, 0.05) is 30.6 Å². The van der Waals surface area contributed by atoms with Crippen LogP contribution in [-0.4, -0.2) is 51.6 Å². The van der Waals surface area contributed by atoms with Crippen molar-refractivity contribution in [3.05, 3.63) is 32.9 Å². The smallest absolute Gasteiger partial charge is 0.339 e. The first-order chi connectivity index (χ1) is 11.9. The van der Waals surface area contributed by atoms with Gasteiger partial charge < -0.3 is 18.9 Å². The van der Waals surface area contributed by atoms with Crippen LogP contribution in [0.3, 0.4) is 0 Å². The first-order valence-corrected chi connectivity index (χ1v) is 9.16. The molecule has 0 amide bonds. The maximum absolute atomic E-state index is 12.3. The van der Waals surface area contributed by atoms with Crippen LogP contribution in [0.15, 0.2) is 18.2 Å². The largest absolute Gasteiger partial charge is 0.462 e. The van der Waals surface area contributed by atoms with E-state index in [4.69, 9.17) is 18.9 Å². The van der Waals surface area contributed by atoms with Crippen LogP contribution in [0.25, 0.3) is 0 Å². The molecule has 2 atom stereocenters. The highest BCUT2D eigenvalue weighted by Crippen LogP contribution is 2.17. The summed E-state index contributed by atoms with van der Waals surface area (Å²) in [6, 6.07) is 4.95. The molecule has 25 heavy (non-hydrogen) atoms. The molecule has 1 rings (SSSR count). The van der Waals surface area contributed by atoms with E-state index in [1.807, 2.05) is 13.8 Å². The highest BCUT2D eigenvalue weighted by molar-refractivity contribution is 14.1. The van der Waals surface area contributed by atoms with E-state index >= 15 is 0 Å². The summed E-state index contributed by atoms with van der Waals surface area (Å²) >= 11 is 2.08. The number of carbonyl (C=O) groups is 2. The van der Waals surface area contributed by atoms with Crippen LogP contribution in [0.2, 0.25) is 0 Å². The van der Waals surface area contributed by atoms with Crippen LogP contribution < -0.4 is 0 Å². The van der Waals surface area contributed by atoms with Crippen molar-refractivity contribution >= 4 is 34.5 Å². The molecule has 0 unspecified atom stereocenters. The Labute approximate surface area is 162 Å². The predicted octanol–water partition coefficient (Wildman–Crippen LogP) is 3.45. The molecule has 1 aromatic carbocycles. The molecule has 0 saturated carbocycles. The fraction of sp³-hybridized carbons (Fsp3) is 0.556. The van der Waals surface area contributed by atoms with Gasteiger partial charge in [0.15, 0.2) is 0 Å². The van der Waals surface area contributed by atoms with Gasteiger partial charge in [-0.3, -0.25) is 0 Å². The maximum atomic E-state index is 12.3. The fourth-order valence-corrected chi connectivity index (χ4v) is 2.38. The van der Waals surface area contributed by atoms with Crippen molar-refractivity contribution < 1.29 is 28.5 Å². The number of hydrogen-bond donors (Lipinski definition) is 0. The SMILES string of the molecule is CO[C@H](C)CCOC(=O)c1ccc(I)cc1C(=O)OCC[C@@H](C)OC. The van der Waals surface area contributed by atoms with E-state index in [-0.39, 0.29) is 36.5 Å². The first kappa shape index (κ1) is 21.9. The average Bonchev–Trinajstić information content (AvgIpc) is 2.60. The van der Waals surface area contributed by atoms with Crippen molar-refractivity contribution in [3.8, 4) is 0 Å². The number of esters is 2. The third-order valence-corrected chi connectivity index (χ3v) is 4.41. The molecule has 7 heteroatoms. The summed E-state index contributed by atoms with van der Waals surface area (Å²) in [5.41, 5.74) is 0.414. The third-order valence-electron chi connectivity index (χ3n) is 3.74. The molecule has 0 aromatic heterocycles. The van der Waals surface area contributed by atoms with Crippen molar-refractivity contribution in [3.63, 3.8) is 0 Å². The molecule has 0 aliphatic heterocycles. The number of ether oxygens (including phenoxy) is 4. The van der Waals surface area contributed by atoms with Crippen LogP contribution in [0.1, 0.15) is 47.4 Å². The molecule has 140 valence electrons. The van der Waals surface area contributed by atoms with Gasteiger partial charge in [-0.25, -0.2) is 9.59 Å². The third kappa shape index (κ3) is 7.70. The van der Waals surface area contributed by atoms with Gasteiger partial charge in [0.25, 0.3) is 0 Å². The van der Waals surface area contributed by atoms with E-state index in [0.717, 1.165) is 3.57 Å². The average molecular weight is 464 g/mol. The van der Waals surface area contributed by atoms with E-state index in [2.05, 4.69) is 22.6 Å². The van der Waals surface area contributed by atoms with Gasteiger partial charge in [-0.15, -0.1) is 0 Å². The highest BCUT2D eigenvalue weighted by atomic mass is 127. The molecule has 0 N–H and O–H groups in total. The quantitative estimate of drug-likeness (QED) is 0.390. The molecule has 0 saturated heterocycles. The first-order valence-electron chi connectivity index (χ1n) is 8.08. The Kier molecular flexibility index (Phi) is 9.99. The number of hydrogen-bond acceptors (Lipinski definition) is 6. The molecule has 0 spiro atoms. The Morgan fingerprint density at radius 1 is 0.920 bits per heavy atom. The normalized spacial score (nSPS) is 13.2. The van der Waals surface area contributed by atoms with Crippen LogP contribution in [-0.2, 0) is 18.9 Å². The standard InChI is InChI=1S/C18H25IO6/c1-12(22-3)7-9-24-17(20)15-6-5-14(19)11-16(15)18(21)25-10-8-13(2)23-4/h5-6,11-13H,7-10H2,1-4H3/t12-,13-/m1/s1. The van der Waals surface area contributed by atoms with E-state index in [1.54, 1.807) is 32.4 Å². The van der Waals surface area contributed by atoms with Gasteiger partial charge in [0.05, 0.1) is 36.5 Å². The van der Waals surface area contributed by atoms with Crippen molar-refractivity contribution in [2.45, 2.75) is 38.9 Å². The molecule has 1 aromatic rings. The number of methoxy groups -OCH3 is 2. The van der Waals surface area contributed by atoms with Gasteiger partial charge in [-0.2, -0.15) is 0 Å². The van der Waals surface area contributed by atoms with Crippen LogP contribution in [0.4, 0.5) is 0 Å². The van der Waals surface area contributed by atoms with Gasteiger partial charge in [0.2, 0.25) is 0 Å². The summed E-state index contributed by atoms with van der Waals surface area (Å²) < 4.78 is 21.6. The number of rotatable bonds is 10. The van der Waals surface area contributed by atoms with Gasteiger partial charge in [0.1, 0.15) is 0 Å². The predicted molar refractivity (Wildman–Crippen MR) is 102 cm³/mol. The topological polar surface area (TPSA) is 71.1 Å². The lowest BCUT2D eigenvalue weighted by Crippen LogP contribution is -2.18. The zero-order valence-electron chi connectivity index (χ0n) is 15.0. The van der Waals surface area contributed by atoms with E-state index in [1.165, 1.54) is 0 Å². The molecule has 6 nitrogen and oxygen atoms in total. The molecular weight excluding hydrogens is 439 g/mol. The molecular formula is C18H25IO6. The van der Waals surface area contributed by atoms with E-state index < -0.39 is 11.9 Å². The van der Waals surface area contributed by atoms with Crippen molar-refractivity contribution in [2.75, 3.05) is 27.4 Å². The molecule has 0 aliphatic rings. The van der Waals surface area contributed by atoms with Gasteiger partial charge >= 0.3 is 11.9 Å². The lowest BCUT2D eigenvalue weighted by molar-refractivity contribution is 0.0347. The zero-order chi connectivity index (χ0) is 18.8.